The maximum atomic E-state index is 12.6. The molecular formula is C16H17NO4. The average molecular weight is 287 g/mol. The molecule has 1 N–H and O–H groups in total. The number of aliphatic hydroxyl groups is 1. The van der Waals surface area contributed by atoms with Crippen molar-refractivity contribution in [2.24, 2.45) is 5.16 Å². The summed E-state index contributed by atoms with van der Waals surface area (Å²) in [6.07, 6.45) is -0.493. The van der Waals surface area contributed by atoms with Gasteiger partial charge in [0.2, 0.25) is 5.78 Å². The molecule has 1 atom stereocenters. The van der Waals surface area contributed by atoms with Crippen LogP contribution in [0.1, 0.15) is 31.4 Å². The Kier molecular flexibility index (Phi) is 3.10. The molecule has 110 valence electrons. The number of Topliss-reactive ketones (excluding diaryl/α,β-unsaturated/α-hetero) is 1. The third kappa shape index (κ3) is 2.05. The highest BCUT2D eigenvalue weighted by Gasteiger charge is 2.43. The Bertz CT molecular complexity index is 673. The van der Waals surface area contributed by atoms with Gasteiger partial charge >= 0.3 is 0 Å². The van der Waals surface area contributed by atoms with Crippen LogP contribution in [0.4, 0.5) is 0 Å². The van der Waals surface area contributed by atoms with Gasteiger partial charge in [0, 0.05) is 23.1 Å². The van der Waals surface area contributed by atoms with Crippen LogP contribution in [0, 0.1) is 0 Å². The van der Waals surface area contributed by atoms with E-state index >= 15 is 0 Å². The van der Waals surface area contributed by atoms with E-state index < -0.39 is 11.7 Å². The number of oxime groups is 1. The molecule has 1 aliphatic heterocycles. The first-order valence-corrected chi connectivity index (χ1v) is 6.81. The number of hydrogen-bond donors (Lipinski definition) is 1. The molecule has 0 saturated heterocycles. The second-order valence-corrected chi connectivity index (χ2v) is 5.73. The van der Waals surface area contributed by atoms with Crippen LogP contribution in [0.25, 0.3) is 5.76 Å². The van der Waals surface area contributed by atoms with Crippen molar-refractivity contribution in [3.05, 3.63) is 41.0 Å². The minimum atomic E-state index is -0.741. The van der Waals surface area contributed by atoms with E-state index in [1.54, 1.807) is 0 Å². The van der Waals surface area contributed by atoms with E-state index in [9.17, 15) is 9.90 Å². The molecule has 0 saturated carbocycles. The molecule has 1 aromatic rings. The van der Waals surface area contributed by atoms with Crippen LogP contribution in [0.3, 0.4) is 0 Å². The third-order valence-corrected chi connectivity index (χ3v) is 3.94. The first-order chi connectivity index (χ1) is 9.95. The van der Waals surface area contributed by atoms with Crippen LogP contribution in [0.15, 0.2) is 35.0 Å². The van der Waals surface area contributed by atoms with E-state index in [-0.39, 0.29) is 17.9 Å². The highest BCUT2D eigenvalue weighted by Crippen LogP contribution is 2.41. The maximum Gasteiger partial charge on any atom is 0.215 e. The third-order valence-electron chi connectivity index (χ3n) is 3.94. The molecule has 1 aromatic carbocycles. The summed E-state index contributed by atoms with van der Waals surface area (Å²) in [4.78, 5) is 17.4. The zero-order chi connectivity index (χ0) is 15.2. The number of carbonyl (C=O) groups excluding carboxylic acids is 1. The Morgan fingerprint density at radius 3 is 2.67 bits per heavy atom. The van der Waals surface area contributed by atoms with E-state index in [2.05, 4.69) is 5.16 Å². The van der Waals surface area contributed by atoms with Crippen LogP contribution < -0.4 is 0 Å². The number of ether oxygens (including phenoxy) is 1. The fourth-order valence-corrected chi connectivity index (χ4v) is 2.67. The molecule has 1 heterocycles. The minimum absolute atomic E-state index is 0.248. The highest BCUT2D eigenvalue weighted by atomic mass is 16.6. The van der Waals surface area contributed by atoms with Crippen molar-refractivity contribution < 1.29 is 19.5 Å². The summed E-state index contributed by atoms with van der Waals surface area (Å²) in [6.45, 7) is 3.63. The topological polar surface area (TPSA) is 68.1 Å². The van der Waals surface area contributed by atoms with Gasteiger partial charge in [0.05, 0.1) is 6.10 Å². The smallest absolute Gasteiger partial charge is 0.215 e. The molecule has 0 amide bonds. The summed E-state index contributed by atoms with van der Waals surface area (Å²) in [5.74, 6) is 0.293. The summed E-state index contributed by atoms with van der Waals surface area (Å²) in [7, 11) is 1.40. The molecule has 5 heteroatoms. The van der Waals surface area contributed by atoms with Crippen molar-refractivity contribution in [2.45, 2.75) is 32.0 Å². The average Bonchev–Trinajstić information content (AvgIpc) is 2.45. The molecule has 0 aromatic heterocycles. The number of hydrogen-bond acceptors (Lipinski definition) is 5. The lowest BCUT2D eigenvalue weighted by Crippen LogP contribution is -2.45. The summed E-state index contributed by atoms with van der Waals surface area (Å²) < 4.78 is 5.93. The first-order valence-electron chi connectivity index (χ1n) is 6.81. The lowest BCUT2D eigenvalue weighted by atomic mass is 9.81. The zero-order valence-electron chi connectivity index (χ0n) is 12.2. The Labute approximate surface area is 122 Å². The maximum absolute atomic E-state index is 12.6. The summed E-state index contributed by atoms with van der Waals surface area (Å²) in [6, 6.07) is 7.42. The van der Waals surface area contributed by atoms with Gasteiger partial charge in [0.25, 0.3) is 0 Å². The number of aliphatic hydroxyl groups excluding tert-OH is 1. The quantitative estimate of drug-likeness (QED) is 0.801. The molecule has 0 spiro atoms. The van der Waals surface area contributed by atoms with Crippen molar-refractivity contribution in [3.8, 4) is 0 Å². The number of ketones is 1. The molecule has 1 unspecified atom stereocenters. The number of carbonyl (C=O) groups is 1. The van der Waals surface area contributed by atoms with E-state index in [1.165, 1.54) is 7.11 Å². The van der Waals surface area contributed by atoms with Crippen LogP contribution in [0.5, 0.6) is 0 Å². The lowest BCUT2D eigenvalue weighted by molar-refractivity contribution is -0.112. The van der Waals surface area contributed by atoms with Gasteiger partial charge in [-0.15, -0.1) is 0 Å². The van der Waals surface area contributed by atoms with Crippen LogP contribution >= 0.6 is 0 Å². The van der Waals surface area contributed by atoms with Crippen molar-refractivity contribution in [2.75, 3.05) is 7.11 Å². The Morgan fingerprint density at radius 2 is 2.00 bits per heavy atom. The monoisotopic (exact) mass is 287 g/mol. The number of nitrogens with zero attached hydrogens (tertiary/aromatic N) is 1. The fraction of sp³-hybridized carbons (Fsp3) is 0.375. The van der Waals surface area contributed by atoms with Crippen LogP contribution in [0.2, 0.25) is 0 Å². The van der Waals surface area contributed by atoms with Gasteiger partial charge in [-0.05, 0) is 13.8 Å². The van der Waals surface area contributed by atoms with Crippen molar-refractivity contribution in [3.63, 3.8) is 0 Å². The van der Waals surface area contributed by atoms with Gasteiger partial charge < -0.3 is 14.7 Å². The standard InChI is InChI=1S/C16H17NO4/c1-16(2)12(18)8-11-14(19)13(17-20-3)9-6-4-5-7-10(9)15(11)21-16/h4-7,12,18H,8H2,1-3H3/b17-13+. The second kappa shape index (κ2) is 4.70. The van der Waals surface area contributed by atoms with E-state index in [4.69, 9.17) is 9.57 Å². The number of fused-ring (bicyclic) bond motifs is 2. The Hall–Kier alpha value is -2.14. The van der Waals surface area contributed by atoms with Crippen LogP contribution in [-0.4, -0.2) is 35.4 Å². The van der Waals surface area contributed by atoms with E-state index in [0.717, 1.165) is 5.56 Å². The van der Waals surface area contributed by atoms with E-state index in [0.29, 0.717) is 16.9 Å². The van der Waals surface area contributed by atoms with Gasteiger partial charge in [0.15, 0.2) is 5.71 Å². The summed E-state index contributed by atoms with van der Waals surface area (Å²) in [5.41, 5.74) is 1.47. The Morgan fingerprint density at radius 1 is 1.33 bits per heavy atom. The van der Waals surface area contributed by atoms with Crippen molar-refractivity contribution in [1.29, 1.82) is 0 Å². The predicted octanol–water partition coefficient (Wildman–Crippen LogP) is 1.89. The van der Waals surface area contributed by atoms with E-state index in [1.807, 2.05) is 38.1 Å². The van der Waals surface area contributed by atoms with Crippen LogP contribution in [-0.2, 0) is 14.4 Å². The zero-order valence-corrected chi connectivity index (χ0v) is 12.2. The summed E-state index contributed by atoms with van der Waals surface area (Å²) in [5, 5.41) is 14.0. The predicted molar refractivity (Wildman–Crippen MR) is 77.7 cm³/mol. The minimum Gasteiger partial charge on any atom is -0.484 e. The van der Waals surface area contributed by atoms with Crippen molar-refractivity contribution in [1.82, 2.24) is 0 Å². The largest absolute Gasteiger partial charge is 0.484 e. The molecule has 0 bridgehead atoms. The fourth-order valence-electron chi connectivity index (χ4n) is 2.67. The van der Waals surface area contributed by atoms with Gasteiger partial charge in [-0.25, -0.2) is 0 Å². The molecule has 3 rings (SSSR count). The normalized spacial score (nSPS) is 25.2. The lowest BCUT2D eigenvalue weighted by Gasteiger charge is -2.40. The van der Waals surface area contributed by atoms with Gasteiger partial charge in [-0.3, -0.25) is 4.79 Å². The number of benzene rings is 1. The first kappa shape index (κ1) is 13.8. The molecule has 0 radical (unpaired) electrons. The molecular weight excluding hydrogens is 270 g/mol. The molecule has 5 nitrogen and oxygen atoms in total. The van der Waals surface area contributed by atoms with Gasteiger partial charge in [0.1, 0.15) is 18.5 Å². The van der Waals surface area contributed by atoms with Crippen molar-refractivity contribution >= 4 is 17.3 Å². The van der Waals surface area contributed by atoms with Gasteiger partial charge in [-0.2, -0.15) is 0 Å². The van der Waals surface area contributed by atoms with Gasteiger partial charge in [-0.1, -0.05) is 29.4 Å². The highest BCUT2D eigenvalue weighted by molar-refractivity contribution is 6.54. The molecule has 21 heavy (non-hydrogen) atoms. The molecule has 1 aliphatic carbocycles. The molecule has 0 fully saturated rings. The summed E-state index contributed by atoms with van der Waals surface area (Å²) >= 11 is 0. The molecule has 2 aliphatic rings. The number of rotatable bonds is 1. The second-order valence-electron chi connectivity index (χ2n) is 5.73. The Balaban J connectivity index is 2.22. The SMILES string of the molecule is CO/N=C1/C(=O)C2=C(OC(C)(C)C(O)C2)c2ccccc21.